The van der Waals surface area contributed by atoms with Gasteiger partial charge in [0.15, 0.2) is 0 Å². The predicted octanol–water partition coefficient (Wildman–Crippen LogP) is 3.41. The molecule has 138 valence electrons. The smallest absolute Gasteiger partial charge is 0.257 e. The van der Waals surface area contributed by atoms with Crippen molar-refractivity contribution in [3.8, 4) is 5.69 Å². The van der Waals surface area contributed by atoms with Crippen LogP contribution in [0, 0.1) is 20.8 Å². The lowest BCUT2D eigenvalue weighted by Gasteiger charge is -2.12. The molecule has 2 N–H and O–H groups in total. The van der Waals surface area contributed by atoms with Crippen LogP contribution in [0.25, 0.3) is 5.69 Å². The van der Waals surface area contributed by atoms with Crippen LogP contribution in [-0.4, -0.2) is 28.4 Å². The van der Waals surface area contributed by atoms with Gasteiger partial charge in [-0.3, -0.25) is 14.6 Å². The van der Waals surface area contributed by atoms with E-state index in [1.165, 1.54) is 0 Å². The molecular formula is C21H22N4O2. The predicted molar refractivity (Wildman–Crippen MR) is 106 cm³/mol. The minimum absolute atomic E-state index is 0.182. The topological polar surface area (TPSA) is 76.0 Å². The van der Waals surface area contributed by atoms with Crippen LogP contribution >= 0.6 is 0 Å². The Morgan fingerprint density at radius 1 is 1.00 bits per heavy atom. The Morgan fingerprint density at radius 3 is 2.44 bits per heavy atom. The summed E-state index contributed by atoms with van der Waals surface area (Å²) in [7, 11) is 1.58. The average molecular weight is 362 g/mol. The number of rotatable bonds is 4. The highest BCUT2D eigenvalue weighted by Gasteiger charge is 2.18. The number of aryl methyl sites for hydroxylation is 1. The molecule has 2 amide bonds. The highest BCUT2D eigenvalue weighted by molar-refractivity contribution is 6.07. The number of nitrogens with zero attached hydrogens (tertiary/aromatic N) is 2. The zero-order valence-corrected chi connectivity index (χ0v) is 15.8. The Labute approximate surface area is 158 Å². The van der Waals surface area contributed by atoms with Crippen molar-refractivity contribution < 1.29 is 9.59 Å². The summed E-state index contributed by atoms with van der Waals surface area (Å²) in [6, 6.07) is 11.0. The van der Waals surface area contributed by atoms with Crippen LogP contribution in [0.15, 0.2) is 48.8 Å². The fourth-order valence-electron chi connectivity index (χ4n) is 3.22. The monoisotopic (exact) mass is 362 g/mol. The Morgan fingerprint density at radius 2 is 1.78 bits per heavy atom. The van der Waals surface area contributed by atoms with Crippen molar-refractivity contribution in [1.82, 2.24) is 14.9 Å². The largest absolute Gasteiger partial charge is 0.355 e. The van der Waals surface area contributed by atoms with Gasteiger partial charge < -0.3 is 15.2 Å². The molecule has 6 heteroatoms. The van der Waals surface area contributed by atoms with Crippen molar-refractivity contribution in [2.45, 2.75) is 20.8 Å². The number of carbonyl (C=O) groups is 2. The van der Waals surface area contributed by atoms with E-state index in [1.807, 2.05) is 43.5 Å². The molecule has 0 aliphatic rings. The first kappa shape index (κ1) is 18.4. The van der Waals surface area contributed by atoms with Crippen LogP contribution < -0.4 is 10.6 Å². The molecule has 0 aliphatic heterocycles. The van der Waals surface area contributed by atoms with E-state index in [-0.39, 0.29) is 11.8 Å². The van der Waals surface area contributed by atoms with Crippen molar-refractivity contribution >= 4 is 17.5 Å². The normalized spacial score (nSPS) is 10.5. The van der Waals surface area contributed by atoms with E-state index in [1.54, 1.807) is 37.6 Å². The number of hydrogen-bond donors (Lipinski definition) is 2. The quantitative estimate of drug-likeness (QED) is 0.747. The molecule has 0 fully saturated rings. The van der Waals surface area contributed by atoms with Gasteiger partial charge in [-0.1, -0.05) is 6.07 Å². The number of amides is 2. The summed E-state index contributed by atoms with van der Waals surface area (Å²) in [6.45, 7) is 5.68. The second-order valence-corrected chi connectivity index (χ2v) is 6.34. The molecule has 2 aromatic heterocycles. The maximum absolute atomic E-state index is 12.9. The molecule has 3 aromatic rings. The van der Waals surface area contributed by atoms with E-state index in [0.717, 1.165) is 22.6 Å². The molecule has 27 heavy (non-hydrogen) atoms. The van der Waals surface area contributed by atoms with Gasteiger partial charge in [0.2, 0.25) is 0 Å². The van der Waals surface area contributed by atoms with Crippen molar-refractivity contribution in [1.29, 1.82) is 0 Å². The van der Waals surface area contributed by atoms with Crippen LogP contribution in [0.2, 0.25) is 0 Å². The molecule has 0 saturated carbocycles. The summed E-state index contributed by atoms with van der Waals surface area (Å²) in [4.78, 5) is 29.0. The summed E-state index contributed by atoms with van der Waals surface area (Å²) in [5, 5.41) is 5.54. The van der Waals surface area contributed by atoms with Crippen LogP contribution in [0.1, 0.15) is 37.7 Å². The standard InChI is InChI=1S/C21H22N4O2/c1-13-11-18(15(3)25(13)16-7-6-10-23-12-16)21(27)24-19-9-5-8-17(14(19)2)20(26)22-4/h5-12H,1-4H3,(H,22,26)(H,24,27). The van der Waals surface area contributed by atoms with Gasteiger partial charge in [0.25, 0.3) is 11.8 Å². The van der Waals surface area contributed by atoms with Gasteiger partial charge in [0.1, 0.15) is 0 Å². The molecule has 0 unspecified atom stereocenters. The van der Waals surface area contributed by atoms with E-state index < -0.39 is 0 Å². The third-order valence-electron chi connectivity index (χ3n) is 4.63. The molecule has 0 atom stereocenters. The zero-order valence-electron chi connectivity index (χ0n) is 15.8. The minimum Gasteiger partial charge on any atom is -0.355 e. The summed E-state index contributed by atoms with van der Waals surface area (Å²) in [6.07, 6.45) is 3.48. The molecule has 0 saturated heterocycles. The number of pyridine rings is 1. The Hall–Kier alpha value is -3.41. The number of aromatic nitrogens is 2. The van der Waals surface area contributed by atoms with Gasteiger partial charge in [0, 0.05) is 35.9 Å². The first-order valence-electron chi connectivity index (χ1n) is 8.66. The number of hydrogen-bond acceptors (Lipinski definition) is 3. The van der Waals surface area contributed by atoms with Crippen molar-refractivity contribution in [3.63, 3.8) is 0 Å². The maximum atomic E-state index is 12.9. The molecule has 2 heterocycles. The Kier molecular flexibility index (Phi) is 5.07. The van der Waals surface area contributed by atoms with Gasteiger partial charge in [-0.2, -0.15) is 0 Å². The molecule has 0 bridgehead atoms. The van der Waals surface area contributed by atoms with Crippen LogP contribution in [-0.2, 0) is 0 Å². The Balaban J connectivity index is 1.94. The first-order chi connectivity index (χ1) is 12.9. The Bertz CT molecular complexity index is 1010. The summed E-state index contributed by atoms with van der Waals surface area (Å²) in [5.41, 5.74) is 5.15. The number of benzene rings is 1. The minimum atomic E-state index is -0.213. The van der Waals surface area contributed by atoms with Gasteiger partial charge in [0.05, 0.1) is 17.4 Å². The number of anilines is 1. The van der Waals surface area contributed by atoms with E-state index in [2.05, 4.69) is 15.6 Å². The number of nitrogens with one attached hydrogen (secondary N) is 2. The SMILES string of the molecule is CNC(=O)c1cccc(NC(=O)c2cc(C)n(-c3cccnc3)c2C)c1C. The molecule has 0 radical (unpaired) electrons. The lowest BCUT2D eigenvalue weighted by Crippen LogP contribution is -2.20. The van der Waals surface area contributed by atoms with Gasteiger partial charge in [-0.25, -0.2) is 0 Å². The molecule has 0 aliphatic carbocycles. The average Bonchev–Trinajstić information content (AvgIpc) is 2.97. The molecule has 3 rings (SSSR count). The molecule has 6 nitrogen and oxygen atoms in total. The second-order valence-electron chi connectivity index (χ2n) is 6.34. The fourth-order valence-corrected chi connectivity index (χ4v) is 3.22. The van der Waals surface area contributed by atoms with Crippen LogP contribution in [0.5, 0.6) is 0 Å². The third-order valence-corrected chi connectivity index (χ3v) is 4.63. The summed E-state index contributed by atoms with van der Waals surface area (Å²) >= 11 is 0. The van der Waals surface area contributed by atoms with Crippen molar-refractivity contribution in [2.24, 2.45) is 0 Å². The van der Waals surface area contributed by atoms with E-state index >= 15 is 0 Å². The maximum Gasteiger partial charge on any atom is 0.257 e. The lowest BCUT2D eigenvalue weighted by atomic mass is 10.1. The number of carbonyl (C=O) groups excluding carboxylic acids is 2. The van der Waals surface area contributed by atoms with E-state index in [4.69, 9.17) is 0 Å². The zero-order chi connectivity index (χ0) is 19.6. The van der Waals surface area contributed by atoms with Gasteiger partial charge >= 0.3 is 0 Å². The fraction of sp³-hybridized carbons (Fsp3) is 0.190. The van der Waals surface area contributed by atoms with Gasteiger partial charge in [-0.05, 0) is 56.7 Å². The molecular weight excluding hydrogens is 340 g/mol. The molecule has 0 spiro atoms. The van der Waals surface area contributed by atoms with Crippen LogP contribution in [0.3, 0.4) is 0 Å². The third kappa shape index (κ3) is 3.46. The highest BCUT2D eigenvalue weighted by Crippen LogP contribution is 2.23. The second kappa shape index (κ2) is 7.45. The van der Waals surface area contributed by atoms with Crippen molar-refractivity contribution in [3.05, 3.63) is 76.9 Å². The lowest BCUT2D eigenvalue weighted by molar-refractivity contribution is 0.0960. The molecule has 1 aromatic carbocycles. The summed E-state index contributed by atoms with van der Waals surface area (Å²) < 4.78 is 2.00. The summed E-state index contributed by atoms with van der Waals surface area (Å²) in [5.74, 6) is -0.395. The van der Waals surface area contributed by atoms with Crippen LogP contribution in [0.4, 0.5) is 5.69 Å². The van der Waals surface area contributed by atoms with Crippen molar-refractivity contribution in [2.75, 3.05) is 12.4 Å². The van der Waals surface area contributed by atoms with Gasteiger partial charge in [-0.15, -0.1) is 0 Å². The van der Waals surface area contributed by atoms with E-state index in [9.17, 15) is 9.59 Å². The first-order valence-corrected chi connectivity index (χ1v) is 8.66. The van der Waals surface area contributed by atoms with E-state index in [0.29, 0.717) is 16.8 Å². The highest BCUT2D eigenvalue weighted by atomic mass is 16.2.